The molecule has 0 bridgehead atoms. The van der Waals surface area contributed by atoms with Crippen LogP contribution in [0.15, 0.2) is 47.4 Å². The maximum atomic E-state index is 13.6. The van der Waals surface area contributed by atoms with Gasteiger partial charge in [0.25, 0.3) is 10.0 Å². The first-order valence-corrected chi connectivity index (χ1v) is 12.3. The monoisotopic (exact) mass is 492 g/mol. The smallest absolute Gasteiger partial charge is 0.310 e. The topological polar surface area (TPSA) is 102 Å². The Bertz CT molecular complexity index is 1170. The van der Waals surface area contributed by atoms with Gasteiger partial charge in [-0.1, -0.05) is 6.07 Å². The van der Waals surface area contributed by atoms with Crippen LogP contribution in [-0.4, -0.2) is 44.6 Å². The van der Waals surface area contributed by atoms with Crippen molar-refractivity contribution < 1.29 is 31.9 Å². The number of carbonyl (C=O) groups is 2. The van der Waals surface area contributed by atoms with Crippen LogP contribution in [0.2, 0.25) is 0 Å². The van der Waals surface area contributed by atoms with Gasteiger partial charge in [0.1, 0.15) is 23.3 Å². The maximum absolute atomic E-state index is 13.6. The Balaban J connectivity index is 2.04. The van der Waals surface area contributed by atoms with Gasteiger partial charge in [-0.05, 0) is 69.7 Å². The number of carbonyl (C=O) groups excluding carboxylic acids is 2. The molecule has 0 spiro atoms. The summed E-state index contributed by atoms with van der Waals surface area (Å²) in [4.78, 5) is 23.7. The standard InChI is InChI=1S/C24H29FN2O6S/c1-15-22(14-26-16(2)28)32-21-11-6-17(13-23(29)33-24(3,4)5)12-20(21)27(15)34(30,31)19-9-7-18(25)8-10-19/h6-12,15,22H,13-14H2,1-5H3,(H,26,28)/t15-,22-/m0/s1. The number of benzene rings is 2. The zero-order chi connectivity index (χ0) is 25.3. The van der Waals surface area contributed by atoms with Crippen molar-refractivity contribution in [2.75, 3.05) is 10.8 Å². The van der Waals surface area contributed by atoms with Crippen LogP contribution in [-0.2, 0) is 30.8 Å². The lowest BCUT2D eigenvalue weighted by Gasteiger charge is -2.41. The third kappa shape index (κ3) is 5.85. The van der Waals surface area contributed by atoms with Gasteiger partial charge in [-0.3, -0.25) is 13.9 Å². The van der Waals surface area contributed by atoms with E-state index < -0.39 is 39.6 Å². The minimum Gasteiger partial charge on any atom is -0.484 e. The molecule has 0 unspecified atom stereocenters. The van der Waals surface area contributed by atoms with Gasteiger partial charge in [-0.15, -0.1) is 0 Å². The molecule has 3 rings (SSSR count). The zero-order valence-electron chi connectivity index (χ0n) is 19.8. The van der Waals surface area contributed by atoms with E-state index in [1.807, 2.05) is 0 Å². The average molecular weight is 493 g/mol. The molecule has 1 aliphatic heterocycles. The summed E-state index contributed by atoms with van der Waals surface area (Å²) in [6, 6.07) is 8.65. The second kappa shape index (κ2) is 9.61. The minimum absolute atomic E-state index is 0.0569. The zero-order valence-corrected chi connectivity index (χ0v) is 20.6. The number of rotatable bonds is 6. The Hall–Kier alpha value is -3.14. The average Bonchev–Trinajstić information content (AvgIpc) is 2.71. The van der Waals surface area contributed by atoms with Crippen molar-refractivity contribution >= 4 is 27.6 Å². The highest BCUT2D eigenvalue weighted by Crippen LogP contribution is 2.40. The van der Waals surface area contributed by atoms with E-state index in [9.17, 15) is 22.4 Å². The number of nitrogens with zero attached hydrogens (tertiary/aromatic N) is 1. The number of hydrogen-bond donors (Lipinski definition) is 1. The second-order valence-corrected chi connectivity index (χ2v) is 11.0. The van der Waals surface area contributed by atoms with Crippen LogP contribution in [0, 0.1) is 5.82 Å². The van der Waals surface area contributed by atoms with Gasteiger partial charge < -0.3 is 14.8 Å². The second-order valence-electron chi connectivity index (χ2n) is 9.15. The third-order valence-corrected chi connectivity index (χ3v) is 7.05. The predicted octanol–water partition coefficient (Wildman–Crippen LogP) is 3.19. The largest absolute Gasteiger partial charge is 0.484 e. The van der Waals surface area contributed by atoms with Crippen molar-refractivity contribution in [1.82, 2.24) is 5.32 Å². The van der Waals surface area contributed by atoms with Gasteiger partial charge in [0.15, 0.2) is 0 Å². The highest BCUT2D eigenvalue weighted by Gasteiger charge is 2.40. The summed E-state index contributed by atoms with van der Waals surface area (Å²) in [5.41, 5.74) is 0.137. The normalized spacial score (nSPS) is 18.0. The fraction of sp³-hybridized carbons (Fsp3) is 0.417. The number of anilines is 1. The summed E-state index contributed by atoms with van der Waals surface area (Å²) in [7, 11) is -4.13. The van der Waals surface area contributed by atoms with Crippen LogP contribution < -0.4 is 14.4 Å². The summed E-state index contributed by atoms with van der Waals surface area (Å²) in [6.45, 7) is 8.40. The molecule has 0 radical (unpaired) electrons. The lowest BCUT2D eigenvalue weighted by Crippen LogP contribution is -2.54. The molecule has 184 valence electrons. The fourth-order valence-electron chi connectivity index (χ4n) is 3.65. The summed E-state index contributed by atoms with van der Waals surface area (Å²) < 4.78 is 53.3. The van der Waals surface area contributed by atoms with Crippen molar-refractivity contribution in [2.45, 2.75) is 63.7 Å². The Kier molecular flexibility index (Phi) is 7.21. The summed E-state index contributed by atoms with van der Waals surface area (Å²) in [5.74, 6) is -0.999. The minimum atomic E-state index is -4.13. The van der Waals surface area contributed by atoms with Crippen molar-refractivity contribution in [2.24, 2.45) is 0 Å². The van der Waals surface area contributed by atoms with E-state index in [0.29, 0.717) is 5.56 Å². The lowest BCUT2D eigenvalue weighted by atomic mass is 10.1. The summed E-state index contributed by atoms with van der Waals surface area (Å²) >= 11 is 0. The number of ether oxygens (including phenoxy) is 2. The van der Waals surface area contributed by atoms with Crippen molar-refractivity contribution in [3.8, 4) is 5.75 Å². The van der Waals surface area contributed by atoms with Crippen molar-refractivity contribution in [3.63, 3.8) is 0 Å². The quantitative estimate of drug-likeness (QED) is 0.622. The van der Waals surface area contributed by atoms with Crippen LogP contribution in [0.4, 0.5) is 10.1 Å². The highest BCUT2D eigenvalue weighted by molar-refractivity contribution is 7.92. The number of halogens is 1. The molecule has 8 nitrogen and oxygen atoms in total. The molecule has 0 fully saturated rings. The lowest BCUT2D eigenvalue weighted by molar-refractivity contribution is -0.153. The summed E-state index contributed by atoms with van der Waals surface area (Å²) in [6.07, 6.45) is -0.734. The van der Waals surface area contributed by atoms with Gasteiger partial charge in [0, 0.05) is 6.92 Å². The molecule has 0 saturated carbocycles. The van der Waals surface area contributed by atoms with Gasteiger partial charge in [0.2, 0.25) is 5.91 Å². The molecule has 1 heterocycles. The number of fused-ring (bicyclic) bond motifs is 1. The molecule has 1 aliphatic rings. The van der Waals surface area contributed by atoms with Gasteiger partial charge in [-0.25, -0.2) is 12.8 Å². The molecule has 2 atom stereocenters. The van der Waals surface area contributed by atoms with E-state index in [1.165, 1.54) is 23.4 Å². The molecule has 2 aromatic rings. The Labute approximate surface area is 199 Å². The first-order valence-electron chi connectivity index (χ1n) is 10.8. The van der Waals surface area contributed by atoms with Gasteiger partial charge in [-0.2, -0.15) is 0 Å². The van der Waals surface area contributed by atoms with E-state index >= 15 is 0 Å². The third-order valence-electron chi connectivity index (χ3n) is 5.14. The molecular formula is C24H29FN2O6S. The SMILES string of the molecule is CC(=O)NC[C@@H]1Oc2ccc(CC(=O)OC(C)(C)C)cc2N(S(=O)(=O)c2ccc(F)cc2)[C@H]1C. The molecule has 0 saturated heterocycles. The number of esters is 1. The predicted molar refractivity (Wildman–Crippen MR) is 125 cm³/mol. The molecule has 0 aliphatic carbocycles. The van der Waals surface area contributed by atoms with E-state index in [1.54, 1.807) is 45.9 Å². The summed E-state index contributed by atoms with van der Waals surface area (Å²) in [5, 5.41) is 2.66. The molecule has 0 aromatic heterocycles. The maximum Gasteiger partial charge on any atom is 0.310 e. The van der Waals surface area contributed by atoms with Crippen LogP contribution in [0.5, 0.6) is 5.75 Å². The van der Waals surface area contributed by atoms with Crippen LogP contribution in [0.3, 0.4) is 0 Å². The molecule has 2 aromatic carbocycles. The van der Waals surface area contributed by atoms with Crippen molar-refractivity contribution in [1.29, 1.82) is 0 Å². The van der Waals surface area contributed by atoms with Crippen LogP contribution >= 0.6 is 0 Å². The van der Waals surface area contributed by atoms with E-state index in [4.69, 9.17) is 9.47 Å². The highest BCUT2D eigenvalue weighted by atomic mass is 32.2. The number of amides is 1. The van der Waals surface area contributed by atoms with Crippen molar-refractivity contribution in [3.05, 3.63) is 53.8 Å². The fourth-order valence-corrected chi connectivity index (χ4v) is 5.33. The van der Waals surface area contributed by atoms with Gasteiger partial charge >= 0.3 is 5.97 Å². The Morgan fingerprint density at radius 2 is 1.79 bits per heavy atom. The molecule has 1 N–H and O–H groups in total. The number of sulfonamides is 1. The first-order chi connectivity index (χ1) is 15.8. The van der Waals surface area contributed by atoms with Crippen LogP contribution in [0.25, 0.3) is 0 Å². The number of nitrogens with one attached hydrogen (secondary N) is 1. The van der Waals surface area contributed by atoms with E-state index in [2.05, 4.69) is 5.32 Å². The Morgan fingerprint density at radius 1 is 1.15 bits per heavy atom. The molecule has 34 heavy (non-hydrogen) atoms. The molecule has 10 heteroatoms. The van der Waals surface area contributed by atoms with E-state index in [0.717, 1.165) is 12.1 Å². The van der Waals surface area contributed by atoms with Gasteiger partial charge in [0.05, 0.1) is 29.6 Å². The van der Waals surface area contributed by atoms with Crippen LogP contribution in [0.1, 0.15) is 40.2 Å². The Morgan fingerprint density at radius 3 is 2.38 bits per heavy atom. The number of hydrogen-bond acceptors (Lipinski definition) is 6. The van der Waals surface area contributed by atoms with E-state index in [-0.39, 0.29) is 35.2 Å². The molecule has 1 amide bonds. The molecular weight excluding hydrogens is 463 g/mol. The first kappa shape index (κ1) is 25.5.